The number of halogens is 5. The summed E-state index contributed by atoms with van der Waals surface area (Å²) in [5.74, 6) is -1.41. The maximum Gasteiger partial charge on any atom is 0.416 e. The van der Waals surface area contributed by atoms with Gasteiger partial charge in [-0.1, -0.05) is 41.4 Å². The molecule has 1 amide bonds. The molecule has 3 aromatic rings. The summed E-state index contributed by atoms with van der Waals surface area (Å²) in [6, 6.07) is 11.0. The molecule has 3 rings (SSSR count). The number of rotatable bonds is 7. The zero-order valence-electron chi connectivity index (χ0n) is 17.1. The van der Waals surface area contributed by atoms with Crippen LogP contribution in [0, 0.1) is 0 Å². The number of nitrogens with zero attached hydrogens (tertiary/aromatic N) is 1. The molecule has 0 spiro atoms. The second-order valence-corrected chi connectivity index (χ2v) is 8.13. The molecule has 1 aromatic heterocycles. The van der Waals surface area contributed by atoms with E-state index in [1.165, 1.54) is 24.4 Å². The van der Waals surface area contributed by atoms with E-state index >= 15 is 0 Å². The molecule has 33 heavy (non-hydrogen) atoms. The van der Waals surface area contributed by atoms with Crippen molar-refractivity contribution < 1.29 is 23.1 Å². The molecule has 10 heteroatoms. The summed E-state index contributed by atoms with van der Waals surface area (Å²) in [7, 11) is 0. The van der Waals surface area contributed by atoms with Crippen LogP contribution in [-0.4, -0.2) is 22.1 Å². The second-order valence-electron chi connectivity index (χ2n) is 7.32. The molecule has 0 aliphatic rings. The molecule has 0 saturated heterocycles. The monoisotopic (exact) mass is 498 g/mol. The Bertz CT molecular complexity index is 1230. The number of pyridine rings is 1. The van der Waals surface area contributed by atoms with Crippen molar-refractivity contribution >= 4 is 29.1 Å². The summed E-state index contributed by atoms with van der Waals surface area (Å²) in [4.78, 5) is 24.8. The molecule has 174 valence electrons. The summed E-state index contributed by atoms with van der Waals surface area (Å²) >= 11 is 11.8. The smallest absolute Gasteiger partial charge is 0.416 e. The Labute approximate surface area is 197 Å². The molecule has 0 bridgehead atoms. The number of amides is 1. The van der Waals surface area contributed by atoms with E-state index in [2.05, 4.69) is 5.32 Å². The molecule has 0 unspecified atom stereocenters. The van der Waals surface area contributed by atoms with E-state index in [0.717, 1.165) is 22.3 Å². The van der Waals surface area contributed by atoms with Crippen LogP contribution >= 0.6 is 23.2 Å². The molecule has 0 aliphatic heterocycles. The van der Waals surface area contributed by atoms with Crippen molar-refractivity contribution in [1.29, 1.82) is 0 Å². The molecular formula is C23H19Cl2F3N2O3. The number of aromatic nitrogens is 1. The quantitative estimate of drug-likeness (QED) is 0.434. The van der Waals surface area contributed by atoms with Gasteiger partial charge >= 0.3 is 6.18 Å². The zero-order chi connectivity index (χ0) is 24.2. The van der Waals surface area contributed by atoms with Crippen LogP contribution in [0.25, 0.3) is 0 Å². The van der Waals surface area contributed by atoms with E-state index in [4.69, 9.17) is 23.2 Å². The highest BCUT2D eigenvalue weighted by Crippen LogP contribution is 2.29. The topological polar surface area (TPSA) is 71.3 Å². The van der Waals surface area contributed by atoms with Gasteiger partial charge in [-0.3, -0.25) is 9.59 Å². The number of alkyl halides is 3. The van der Waals surface area contributed by atoms with Gasteiger partial charge in [-0.25, -0.2) is 0 Å². The number of aromatic hydroxyl groups is 1. The van der Waals surface area contributed by atoms with Gasteiger partial charge in [0.05, 0.1) is 27.7 Å². The van der Waals surface area contributed by atoms with Crippen molar-refractivity contribution in [3.8, 4) is 5.75 Å². The van der Waals surface area contributed by atoms with Crippen molar-refractivity contribution in [2.45, 2.75) is 25.6 Å². The van der Waals surface area contributed by atoms with E-state index in [-0.39, 0.29) is 24.2 Å². The molecule has 2 N–H and O–H groups in total. The molecule has 0 atom stereocenters. The molecule has 2 aromatic carbocycles. The van der Waals surface area contributed by atoms with Gasteiger partial charge in [0.25, 0.3) is 11.5 Å². The molecule has 0 aliphatic carbocycles. The molecular weight excluding hydrogens is 480 g/mol. The van der Waals surface area contributed by atoms with Crippen LogP contribution in [0.3, 0.4) is 0 Å². The average Bonchev–Trinajstić information content (AvgIpc) is 2.76. The SMILES string of the molecule is O=C(NCCCc1ccc(Cl)c(Cl)c1)c1ccn(Cc2cccc(C(F)(F)F)c2)c(=O)c1O. The van der Waals surface area contributed by atoms with Gasteiger partial charge in [0, 0.05) is 12.7 Å². The van der Waals surface area contributed by atoms with Crippen molar-refractivity contribution in [1.82, 2.24) is 9.88 Å². The van der Waals surface area contributed by atoms with Crippen molar-refractivity contribution in [2.75, 3.05) is 6.54 Å². The Kier molecular flexibility index (Phi) is 7.71. The normalized spacial score (nSPS) is 11.4. The number of carbonyl (C=O) groups is 1. The maximum absolute atomic E-state index is 12.9. The lowest BCUT2D eigenvalue weighted by atomic mass is 10.1. The van der Waals surface area contributed by atoms with E-state index < -0.39 is 29.0 Å². The van der Waals surface area contributed by atoms with Crippen LogP contribution in [0.4, 0.5) is 13.2 Å². The summed E-state index contributed by atoms with van der Waals surface area (Å²) in [6.07, 6.45) is -2.05. The van der Waals surface area contributed by atoms with E-state index in [1.54, 1.807) is 12.1 Å². The van der Waals surface area contributed by atoms with Crippen molar-refractivity contribution in [3.63, 3.8) is 0 Å². The molecule has 1 heterocycles. The van der Waals surface area contributed by atoms with Crippen molar-refractivity contribution in [2.24, 2.45) is 0 Å². The largest absolute Gasteiger partial charge is 0.502 e. The van der Waals surface area contributed by atoms with Gasteiger partial charge in [0.2, 0.25) is 0 Å². The van der Waals surface area contributed by atoms with E-state index in [0.29, 0.717) is 22.9 Å². The number of nitrogens with one attached hydrogen (secondary N) is 1. The van der Waals surface area contributed by atoms with Crippen LogP contribution in [0.5, 0.6) is 5.75 Å². The first-order valence-electron chi connectivity index (χ1n) is 9.87. The third-order valence-corrected chi connectivity index (χ3v) is 5.64. The lowest BCUT2D eigenvalue weighted by molar-refractivity contribution is -0.137. The second kappa shape index (κ2) is 10.3. The van der Waals surface area contributed by atoms with Crippen LogP contribution in [-0.2, 0) is 19.1 Å². The fourth-order valence-electron chi connectivity index (χ4n) is 3.20. The molecule has 0 radical (unpaired) electrons. The Balaban J connectivity index is 1.63. The van der Waals surface area contributed by atoms with Crippen LogP contribution < -0.4 is 10.9 Å². The van der Waals surface area contributed by atoms with Gasteiger partial charge in [0.15, 0.2) is 5.75 Å². The predicted octanol–water partition coefficient (Wildman–Crippen LogP) is 5.29. The lowest BCUT2D eigenvalue weighted by Crippen LogP contribution is -2.28. The van der Waals surface area contributed by atoms with Crippen LogP contribution in [0.1, 0.15) is 33.5 Å². The summed E-state index contributed by atoms with van der Waals surface area (Å²) in [5, 5.41) is 13.7. The zero-order valence-corrected chi connectivity index (χ0v) is 18.6. The molecule has 5 nitrogen and oxygen atoms in total. The maximum atomic E-state index is 12.9. The third kappa shape index (κ3) is 6.30. The minimum atomic E-state index is -4.51. The number of aryl methyl sites for hydroxylation is 1. The first-order valence-corrected chi connectivity index (χ1v) is 10.6. The summed E-state index contributed by atoms with van der Waals surface area (Å²) < 4.78 is 39.7. The van der Waals surface area contributed by atoms with Crippen LogP contribution in [0.2, 0.25) is 10.0 Å². The van der Waals surface area contributed by atoms with Crippen LogP contribution in [0.15, 0.2) is 59.5 Å². The highest BCUT2D eigenvalue weighted by molar-refractivity contribution is 6.42. The van der Waals surface area contributed by atoms with Gasteiger partial charge in [-0.15, -0.1) is 0 Å². The van der Waals surface area contributed by atoms with E-state index in [1.807, 2.05) is 6.07 Å². The number of benzene rings is 2. The lowest BCUT2D eigenvalue weighted by Gasteiger charge is -2.12. The standard InChI is InChI=1S/C23H19Cl2F3N2O3/c24-18-7-6-14(12-19(18)25)4-2-9-29-21(32)17-8-10-30(22(33)20(17)31)13-15-3-1-5-16(11-15)23(26,27)28/h1,3,5-8,10-12,31H,2,4,9,13H2,(H,29,32). The molecule has 0 fully saturated rings. The minimum absolute atomic E-state index is 0.193. The summed E-state index contributed by atoms with van der Waals surface area (Å²) in [5.41, 5.74) is -0.760. The third-order valence-electron chi connectivity index (χ3n) is 4.90. The van der Waals surface area contributed by atoms with E-state index in [9.17, 15) is 27.9 Å². The predicted molar refractivity (Wildman–Crippen MR) is 120 cm³/mol. The summed E-state index contributed by atoms with van der Waals surface area (Å²) in [6.45, 7) is 0.0910. The fourth-order valence-corrected chi connectivity index (χ4v) is 3.52. The Hall–Kier alpha value is -2.97. The van der Waals surface area contributed by atoms with Gasteiger partial charge < -0.3 is 15.0 Å². The Morgan fingerprint density at radius 2 is 1.79 bits per heavy atom. The number of carbonyl (C=O) groups excluding carboxylic acids is 1. The number of hydrogen-bond donors (Lipinski definition) is 2. The Morgan fingerprint density at radius 3 is 2.48 bits per heavy atom. The highest BCUT2D eigenvalue weighted by atomic mass is 35.5. The number of hydrogen-bond acceptors (Lipinski definition) is 3. The first kappa shape index (κ1) is 24.7. The molecule has 0 saturated carbocycles. The fraction of sp³-hybridized carbons (Fsp3) is 0.217. The van der Waals surface area contributed by atoms with Gasteiger partial charge in [-0.05, 0) is 54.3 Å². The average molecular weight is 499 g/mol. The minimum Gasteiger partial charge on any atom is -0.502 e. The van der Waals surface area contributed by atoms with Gasteiger partial charge in [-0.2, -0.15) is 13.2 Å². The highest BCUT2D eigenvalue weighted by Gasteiger charge is 2.30. The Morgan fingerprint density at radius 1 is 1.03 bits per heavy atom. The van der Waals surface area contributed by atoms with Gasteiger partial charge in [0.1, 0.15) is 0 Å². The first-order chi connectivity index (χ1) is 15.6. The van der Waals surface area contributed by atoms with Crippen molar-refractivity contribution in [3.05, 3.63) is 97.4 Å².